The molecule has 0 amide bonds. The smallest absolute Gasteiger partial charge is 0.223 e. The number of guanidine groups is 1. The summed E-state index contributed by atoms with van der Waals surface area (Å²) >= 11 is 0. The molecule has 0 saturated carbocycles. The van der Waals surface area contributed by atoms with Gasteiger partial charge in [0.05, 0.1) is 17.3 Å². The van der Waals surface area contributed by atoms with Crippen molar-refractivity contribution in [3.63, 3.8) is 0 Å². The number of imidazole rings is 1. The van der Waals surface area contributed by atoms with Gasteiger partial charge in [-0.2, -0.15) is 5.26 Å². The Morgan fingerprint density at radius 2 is 1.83 bits per heavy atom. The van der Waals surface area contributed by atoms with E-state index in [0.29, 0.717) is 17.6 Å². The van der Waals surface area contributed by atoms with E-state index in [2.05, 4.69) is 83.5 Å². The largest absolute Gasteiger partial charge is 0.383 e. The molecule has 1 atom stereocenters. The molecule has 48 heavy (non-hydrogen) atoms. The molecule has 5 heterocycles. The number of aromatic nitrogens is 4. The quantitative estimate of drug-likeness (QED) is 0.139. The number of nitriles is 1. The Morgan fingerprint density at radius 1 is 0.979 bits per heavy atom. The summed E-state index contributed by atoms with van der Waals surface area (Å²) in [6.45, 7) is 8.20. The maximum atomic E-state index is 9.08. The summed E-state index contributed by atoms with van der Waals surface area (Å²) < 4.78 is 2.08. The number of anilines is 1. The van der Waals surface area contributed by atoms with Crippen molar-refractivity contribution >= 4 is 36.0 Å². The van der Waals surface area contributed by atoms with Crippen molar-refractivity contribution in [2.75, 3.05) is 38.5 Å². The topological polar surface area (TPSA) is 137 Å². The summed E-state index contributed by atoms with van der Waals surface area (Å²) in [6.07, 6.45) is 6.44. The van der Waals surface area contributed by atoms with Gasteiger partial charge in [-0.25, -0.2) is 24.9 Å². The van der Waals surface area contributed by atoms with Crippen LogP contribution in [0.25, 0.3) is 39.5 Å². The highest BCUT2D eigenvalue weighted by molar-refractivity contribution is 5.88. The Morgan fingerprint density at radius 3 is 2.62 bits per heavy atom. The van der Waals surface area contributed by atoms with Gasteiger partial charge in [0.25, 0.3) is 0 Å². The first kappa shape index (κ1) is 30.9. The van der Waals surface area contributed by atoms with Crippen LogP contribution < -0.4 is 5.73 Å². The molecule has 1 spiro atoms. The van der Waals surface area contributed by atoms with Gasteiger partial charge < -0.3 is 10.6 Å². The number of piperidine rings is 1. The number of nitrogens with two attached hydrogens (primary N) is 1. The molecule has 2 aliphatic rings. The van der Waals surface area contributed by atoms with E-state index < -0.39 is 0 Å². The number of hydrogen-bond acceptors (Lipinski definition) is 7. The van der Waals surface area contributed by atoms with E-state index in [1.54, 1.807) is 6.20 Å². The van der Waals surface area contributed by atoms with Crippen molar-refractivity contribution < 1.29 is 0 Å². The lowest BCUT2D eigenvalue weighted by atomic mass is 9.79. The van der Waals surface area contributed by atoms with Crippen LogP contribution in [0, 0.1) is 16.7 Å². The number of pyridine rings is 2. The zero-order valence-corrected chi connectivity index (χ0v) is 26.8. The normalized spacial score (nSPS) is 18.6. The van der Waals surface area contributed by atoms with E-state index in [4.69, 9.17) is 21.0 Å². The zero-order chi connectivity index (χ0) is 32.9. The lowest BCUT2D eigenvalue weighted by Crippen LogP contribution is -2.47. The molecule has 2 aliphatic heterocycles. The Labute approximate surface area is 279 Å². The molecule has 0 radical (unpaired) electrons. The zero-order valence-electron chi connectivity index (χ0n) is 26.8. The predicted molar refractivity (Wildman–Crippen MR) is 191 cm³/mol. The molecule has 3 aromatic heterocycles. The fraction of sp³-hybridized carbons (Fsp3) is 0.270. The average Bonchev–Trinajstić information content (AvgIpc) is 3.69. The number of nitrogen functional groups attached to an aromatic ring is 1. The van der Waals surface area contributed by atoms with Crippen LogP contribution in [0.15, 0.2) is 100 Å². The third-order valence-electron chi connectivity index (χ3n) is 9.26. The Bertz CT molecular complexity index is 2020. The fourth-order valence-electron chi connectivity index (χ4n) is 7.06. The molecule has 11 heteroatoms. The first-order valence-corrected chi connectivity index (χ1v) is 16.2. The van der Waals surface area contributed by atoms with Gasteiger partial charge in [-0.1, -0.05) is 42.5 Å². The molecule has 2 fully saturated rings. The molecule has 11 nitrogen and oxygen atoms in total. The first-order chi connectivity index (χ1) is 23.6. The third kappa shape index (κ3) is 6.30. The average molecular weight is 636 g/mol. The molecule has 2 aromatic carbocycles. The number of nitrogens with zero attached hydrogens (tertiary/aromatic N) is 10. The van der Waals surface area contributed by atoms with E-state index in [1.165, 1.54) is 18.3 Å². The van der Waals surface area contributed by atoms with Crippen LogP contribution in [0.2, 0.25) is 0 Å². The maximum absolute atomic E-state index is 9.08. The summed E-state index contributed by atoms with van der Waals surface area (Å²) in [7, 11) is 0. The van der Waals surface area contributed by atoms with Crippen molar-refractivity contribution in [2.45, 2.75) is 25.8 Å². The second-order valence-electron chi connectivity index (χ2n) is 12.5. The molecule has 1 unspecified atom stereocenters. The van der Waals surface area contributed by atoms with Crippen LogP contribution in [-0.2, 0) is 6.54 Å². The number of likely N-dealkylation sites (tertiary alicyclic amines) is 2. The van der Waals surface area contributed by atoms with Gasteiger partial charge in [-0.15, -0.1) is 0 Å². The molecule has 0 bridgehead atoms. The molecule has 7 rings (SSSR count). The summed E-state index contributed by atoms with van der Waals surface area (Å²) in [4.78, 5) is 31.7. The number of benzene rings is 2. The van der Waals surface area contributed by atoms with Gasteiger partial charge in [0.1, 0.15) is 24.2 Å². The molecule has 2 N–H and O–H groups in total. The van der Waals surface area contributed by atoms with E-state index in [1.807, 2.05) is 42.5 Å². The molecule has 0 aliphatic carbocycles. The van der Waals surface area contributed by atoms with Gasteiger partial charge in [-0.05, 0) is 74.5 Å². The van der Waals surface area contributed by atoms with Crippen LogP contribution in [0.3, 0.4) is 0 Å². The van der Waals surface area contributed by atoms with Crippen LogP contribution in [0.5, 0.6) is 0 Å². The van der Waals surface area contributed by atoms with Crippen molar-refractivity contribution in [1.29, 1.82) is 5.26 Å². The monoisotopic (exact) mass is 635 g/mol. The van der Waals surface area contributed by atoms with E-state index >= 15 is 0 Å². The van der Waals surface area contributed by atoms with Gasteiger partial charge in [0.15, 0.2) is 11.5 Å². The van der Waals surface area contributed by atoms with Crippen LogP contribution in [0.4, 0.5) is 5.82 Å². The van der Waals surface area contributed by atoms with Crippen molar-refractivity contribution in [2.24, 2.45) is 20.4 Å². The first-order valence-electron chi connectivity index (χ1n) is 16.2. The highest BCUT2D eigenvalue weighted by atomic mass is 15.3. The van der Waals surface area contributed by atoms with Gasteiger partial charge in [0.2, 0.25) is 5.96 Å². The number of rotatable bonds is 7. The minimum absolute atomic E-state index is 0.0751. The standard InChI is InChI=1S/C37H37N11/c1-40-26-43-36(42-20-18-38)47-21-6-16-37(25-47)17-22-46(24-37)23-27-10-12-29(13-11-27)48-34(30-9-5-19-41-33(30)39)45-32-15-14-31(44-35(32)48)28-7-3-2-4-8-28/h2-5,7-15,19,26H,1,6,16-17,20-25H2,(H2,39,41)/b42-36?,43-26-. The van der Waals surface area contributed by atoms with Gasteiger partial charge in [0, 0.05) is 49.0 Å². The van der Waals surface area contributed by atoms with Crippen LogP contribution in [-0.4, -0.2) is 81.1 Å². The highest BCUT2D eigenvalue weighted by Crippen LogP contribution is 2.40. The van der Waals surface area contributed by atoms with Crippen molar-refractivity contribution in [3.05, 3.63) is 90.6 Å². The minimum atomic E-state index is 0.0751. The second-order valence-corrected chi connectivity index (χ2v) is 12.5. The predicted octanol–water partition coefficient (Wildman–Crippen LogP) is 5.63. The molecule has 5 aromatic rings. The Hall–Kier alpha value is -5.73. The van der Waals surface area contributed by atoms with E-state index in [-0.39, 0.29) is 12.0 Å². The van der Waals surface area contributed by atoms with Crippen LogP contribution >= 0.6 is 0 Å². The summed E-state index contributed by atoms with van der Waals surface area (Å²) in [5.41, 5.74) is 13.0. The van der Waals surface area contributed by atoms with E-state index in [9.17, 15) is 0 Å². The van der Waals surface area contributed by atoms with Crippen molar-refractivity contribution in [3.8, 4) is 34.4 Å². The molecular weight excluding hydrogens is 598 g/mol. The summed E-state index contributed by atoms with van der Waals surface area (Å²) in [5.74, 6) is 1.70. The lowest BCUT2D eigenvalue weighted by molar-refractivity contribution is 0.138. The van der Waals surface area contributed by atoms with Gasteiger partial charge >= 0.3 is 0 Å². The van der Waals surface area contributed by atoms with E-state index in [0.717, 1.165) is 79.2 Å². The van der Waals surface area contributed by atoms with Crippen LogP contribution in [0.1, 0.15) is 24.8 Å². The number of fused-ring (bicyclic) bond motifs is 1. The summed E-state index contributed by atoms with van der Waals surface area (Å²) in [6, 6.07) is 28.8. The summed E-state index contributed by atoms with van der Waals surface area (Å²) in [5, 5.41) is 9.08. The Balaban J connectivity index is 1.14. The lowest BCUT2D eigenvalue weighted by Gasteiger charge is -2.41. The number of hydrogen-bond donors (Lipinski definition) is 1. The second kappa shape index (κ2) is 13.6. The molecule has 2 saturated heterocycles. The van der Waals surface area contributed by atoms with Crippen molar-refractivity contribution in [1.82, 2.24) is 29.3 Å². The SMILES string of the molecule is C=N/C=N\C(=NCC#N)N1CCCC2(CCN(Cc3ccc(-n4c(-c5cccnc5N)nc5ccc(-c6ccccc6)nc54)cc3)C2)C1. The molecule has 240 valence electrons. The Kier molecular flexibility index (Phi) is 8.72. The fourth-order valence-corrected chi connectivity index (χ4v) is 7.06. The highest BCUT2D eigenvalue weighted by Gasteiger charge is 2.42. The maximum Gasteiger partial charge on any atom is 0.223 e. The third-order valence-corrected chi connectivity index (χ3v) is 9.26. The molecular formula is C37H37N11. The number of aliphatic imine (C=N–C) groups is 3. The van der Waals surface area contributed by atoms with Gasteiger partial charge in [-0.3, -0.25) is 14.5 Å². The minimum Gasteiger partial charge on any atom is -0.383 e.